The average molecular weight is 168 g/mol. The molecule has 3 rings (SSSR count). The van der Waals surface area contributed by atoms with Crippen LogP contribution < -0.4 is 0 Å². The maximum Gasteiger partial charge on any atom is 0.0672 e. The van der Waals surface area contributed by atoms with Gasteiger partial charge in [-0.25, -0.2) is 0 Å². The first-order chi connectivity index (χ1) is 6.43. The molecule has 2 aliphatic rings. The van der Waals surface area contributed by atoms with Crippen LogP contribution in [0.2, 0.25) is 0 Å². The molecule has 1 aromatic heterocycles. The van der Waals surface area contributed by atoms with Gasteiger partial charge in [-0.05, 0) is 34.9 Å². The molecule has 0 bridgehead atoms. The van der Waals surface area contributed by atoms with E-state index in [9.17, 15) is 0 Å². The number of aliphatic imine (C=N–C) groups is 1. The van der Waals surface area contributed by atoms with Gasteiger partial charge in [0.05, 0.1) is 5.70 Å². The molecular weight excluding hydrogens is 160 g/mol. The molecule has 0 unspecified atom stereocenters. The number of aromatic nitrogens is 1. The van der Waals surface area contributed by atoms with Crippen LogP contribution in [0.5, 0.6) is 0 Å². The number of allylic oxidation sites excluding steroid dienone is 2. The molecule has 62 valence electrons. The summed E-state index contributed by atoms with van der Waals surface area (Å²) in [6.07, 6.45) is 10.8. The molecule has 0 saturated carbocycles. The maximum absolute atomic E-state index is 4.27. The highest BCUT2D eigenvalue weighted by atomic mass is 14.8. The van der Waals surface area contributed by atoms with Gasteiger partial charge in [0, 0.05) is 25.0 Å². The highest BCUT2D eigenvalue weighted by molar-refractivity contribution is 5.84. The van der Waals surface area contributed by atoms with E-state index in [-0.39, 0.29) is 0 Å². The van der Waals surface area contributed by atoms with Crippen molar-refractivity contribution in [2.75, 3.05) is 0 Å². The Kier molecular flexibility index (Phi) is 1.25. The Morgan fingerprint density at radius 1 is 1.31 bits per heavy atom. The Labute approximate surface area is 76.3 Å². The van der Waals surface area contributed by atoms with Crippen LogP contribution in [0.25, 0.3) is 6.08 Å². The van der Waals surface area contributed by atoms with Crippen LogP contribution >= 0.6 is 0 Å². The molecule has 2 heterocycles. The Bertz CT molecular complexity index is 453. The lowest BCUT2D eigenvalue weighted by molar-refractivity contribution is 1.10. The fourth-order valence-corrected chi connectivity index (χ4v) is 1.73. The topological polar surface area (TPSA) is 25.2 Å². The number of fused-ring (bicyclic) bond motifs is 2. The fourth-order valence-electron chi connectivity index (χ4n) is 1.73. The fraction of sp³-hybridized carbons (Fsp3) is 0.0909. The van der Waals surface area contributed by atoms with Crippen molar-refractivity contribution in [3.8, 4) is 0 Å². The largest absolute Gasteiger partial charge is 0.264 e. The van der Waals surface area contributed by atoms with Gasteiger partial charge in [0.25, 0.3) is 0 Å². The number of rotatable bonds is 0. The third-order valence-corrected chi connectivity index (χ3v) is 2.44. The van der Waals surface area contributed by atoms with Crippen molar-refractivity contribution in [3.05, 3.63) is 46.9 Å². The first kappa shape index (κ1) is 6.78. The molecule has 0 fully saturated rings. The first-order valence-electron chi connectivity index (χ1n) is 4.32. The van der Waals surface area contributed by atoms with Gasteiger partial charge in [0.2, 0.25) is 0 Å². The summed E-state index contributed by atoms with van der Waals surface area (Å²) in [5, 5.41) is 0. The average Bonchev–Trinajstić information content (AvgIpc) is 2.61. The zero-order chi connectivity index (χ0) is 8.67. The molecule has 0 amide bonds. The third kappa shape index (κ3) is 0.952. The summed E-state index contributed by atoms with van der Waals surface area (Å²) in [7, 11) is 0. The molecular formula is C11H8N2. The first-order valence-corrected chi connectivity index (χ1v) is 4.32. The molecule has 1 aliphatic carbocycles. The lowest BCUT2D eigenvalue weighted by Gasteiger charge is -2.13. The summed E-state index contributed by atoms with van der Waals surface area (Å²) in [6.45, 7) is 0. The van der Waals surface area contributed by atoms with Crippen molar-refractivity contribution in [1.29, 1.82) is 0 Å². The SMILES string of the molecule is C1=NC2=Cc3cnccc3CC2=C1. The van der Waals surface area contributed by atoms with Gasteiger partial charge in [0.1, 0.15) is 0 Å². The molecule has 2 heteroatoms. The Morgan fingerprint density at radius 3 is 3.31 bits per heavy atom. The molecule has 1 aliphatic heterocycles. The van der Waals surface area contributed by atoms with Gasteiger partial charge in [-0.2, -0.15) is 0 Å². The standard InChI is InChI=1S/C11H8N2/c1-3-12-7-10-6-11-9(2-4-13-11)5-8(1)10/h1-4,6-7H,5H2. The summed E-state index contributed by atoms with van der Waals surface area (Å²) in [6, 6.07) is 2.07. The Hall–Kier alpha value is -1.70. The maximum atomic E-state index is 4.27. The Balaban J connectivity index is 2.21. The highest BCUT2D eigenvalue weighted by Crippen LogP contribution is 2.29. The Morgan fingerprint density at radius 2 is 2.31 bits per heavy atom. The van der Waals surface area contributed by atoms with E-state index in [4.69, 9.17) is 0 Å². The van der Waals surface area contributed by atoms with Crippen LogP contribution in [0.4, 0.5) is 0 Å². The highest BCUT2D eigenvalue weighted by Gasteiger charge is 2.16. The van der Waals surface area contributed by atoms with E-state index in [1.165, 1.54) is 16.7 Å². The van der Waals surface area contributed by atoms with Gasteiger partial charge in [-0.3, -0.25) is 9.98 Å². The second-order valence-corrected chi connectivity index (χ2v) is 3.25. The van der Waals surface area contributed by atoms with Crippen LogP contribution in [-0.4, -0.2) is 11.2 Å². The number of pyridine rings is 1. The van der Waals surface area contributed by atoms with Gasteiger partial charge < -0.3 is 0 Å². The molecule has 13 heavy (non-hydrogen) atoms. The van der Waals surface area contributed by atoms with Crippen LogP contribution in [0.15, 0.2) is 40.8 Å². The number of hydrogen-bond acceptors (Lipinski definition) is 2. The second-order valence-electron chi connectivity index (χ2n) is 3.25. The lowest BCUT2D eigenvalue weighted by atomic mass is 9.94. The summed E-state index contributed by atoms with van der Waals surface area (Å²) in [5.74, 6) is 0. The predicted octanol–water partition coefficient (Wildman–Crippen LogP) is 1.99. The zero-order valence-electron chi connectivity index (χ0n) is 7.07. The van der Waals surface area contributed by atoms with Gasteiger partial charge in [-0.1, -0.05) is 0 Å². The summed E-state index contributed by atoms with van der Waals surface area (Å²) >= 11 is 0. The van der Waals surface area contributed by atoms with Crippen LogP contribution in [0.1, 0.15) is 11.1 Å². The number of hydrogen-bond donors (Lipinski definition) is 0. The van der Waals surface area contributed by atoms with E-state index in [1.807, 2.05) is 18.6 Å². The van der Waals surface area contributed by atoms with Crippen molar-refractivity contribution < 1.29 is 0 Å². The predicted molar refractivity (Wildman–Crippen MR) is 52.5 cm³/mol. The smallest absolute Gasteiger partial charge is 0.0672 e. The monoisotopic (exact) mass is 168 g/mol. The van der Waals surface area contributed by atoms with E-state index in [1.54, 1.807) is 0 Å². The van der Waals surface area contributed by atoms with E-state index in [0.717, 1.165) is 12.1 Å². The zero-order valence-corrected chi connectivity index (χ0v) is 7.07. The molecule has 2 nitrogen and oxygen atoms in total. The molecule has 0 saturated heterocycles. The molecule has 0 N–H and O–H groups in total. The van der Waals surface area contributed by atoms with Crippen LogP contribution in [-0.2, 0) is 6.42 Å². The molecule has 1 aromatic rings. The van der Waals surface area contributed by atoms with E-state index in [0.29, 0.717) is 0 Å². The van der Waals surface area contributed by atoms with Crippen LogP contribution in [0.3, 0.4) is 0 Å². The van der Waals surface area contributed by atoms with Gasteiger partial charge in [-0.15, -0.1) is 0 Å². The normalized spacial score (nSPS) is 17.5. The second kappa shape index (κ2) is 2.39. The quantitative estimate of drug-likeness (QED) is 0.581. The minimum atomic E-state index is 0.990. The van der Waals surface area contributed by atoms with Crippen molar-refractivity contribution in [2.24, 2.45) is 4.99 Å². The number of nitrogens with zero attached hydrogens (tertiary/aromatic N) is 2. The third-order valence-electron chi connectivity index (χ3n) is 2.44. The van der Waals surface area contributed by atoms with Crippen molar-refractivity contribution >= 4 is 12.3 Å². The van der Waals surface area contributed by atoms with Crippen molar-refractivity contribution in [1.82, 2.24) is 4.98 Å². The van der Waals surface area contributed by atoms with E-state index >= 15 is 0 Å². The minimum absolute atomic E-state index is 0.990. The van der Waals surface area contributed by atoms with E-state index < -0.39 is 0 Å². The van der Waals surface area contributed by atoms with Gasteiger partial charge in [0.15, 0.2) is 0 Å². The van der Waals surface area contributed by atoms with Crippen molar-refractivity contribution in [3.63, 3.8) is 0 Å². The van der Waals surface area contributed by atoms with Crippen molar-refractivity contribution in [2.45, 2.75) is 6.42 Å². The molecule has 0 aromatic carbocycles. The summed E-state index contributed by atoms with van der Waals surface area (Å²) < 4.78 is 0. The summed E-state index contributed by atoms with van der Waals surface area (Å²) in [4.78, 5) is 8.37. The van der Waals surface area contributed by atoms with Crippen LogP contribution in [0, 0.1) is 0 Å². The molecule has 0 spiro atoms. The van der Waals surface area contributed by atoms with E-state index in [2.05, 4.69) is 28.2 Å². The summed E-state index contributed by atoms with van der Waals surface area (Å²) in [5.41, 5.74) is 4.96. The lowest BCUT2D eigenvalue weighted by Crippen LogP contribution is -2.00. The minimum Gasteiger partial charge on any atom is -0.264 e. The van der Waals surface area contributed by atoms with Gasteiger partial charge >= 0.3 is 0 Å². The molecule has 0 atom stereocenters. The molecule has 0 radical (unpaired) electrons.